The second-order valence-corrected chi connectivity index (χ2v) is 5.10. The lowest BCUT2D eigenvalue weighted by atomic mass is 10.4. The third-order valence-electron chi connectivity index (χ3n) is 1.39. The number of hydrogen-bond donors (Lipinski definition) is 2. The molecule has 0 spiro atoms. The monoisotopic (exact) mass is 194 g/mol. The van der Waals surface area contributed by atoms with Crippen molar-refractivity contribution in [1.29, 1.82) is 0 Å². The van der Waals surface area contributed by atoms with Gasteiger partial charge in [0.05, 0.1) is 11.3 Å². The average molecular weight is 194 g/mol. The van der Waals surface area contributed by atoms with Crippen molar-refractivity contribution in [2.24, 2.45) is 5.73 Å². The van der Waals surface area contributed by atoms with Crippen LogP contribution in [0.5, 0.6) is 0 Å². The predicted molar refractivity (Wildman–Crippen MR) is 45.8 cm³/mol. The molecule has 0 aromatic heterocycles. The predicted octanol–water partition coefficient (Wildman–Crippen LogP) is -0.812. The molecule has 0 aromatic rings. The molecular weight excluding hydrogens is 180 g/mol. The summed E-state index contributed by atoms with van der Waals surface area (Å²) < 4.78 is 24.4. The second-order valence-electron chi connectivity index (χ2n) is 2.84. The fourth-order valence-electron chi connectivity index (χ4n) is 0.441. The number of carbonyl (C=O) groups excluding carboxylic acids is 1. The molecule has 0 radical (unpaired) electrons. The van der Waals surface area contributed by atoms with Gasteiger partial charge >= 0.3 is 0 Å². The quantitative estimate of drug-likeness (QED) is 0.613. The smallest absolute Gasteiger partial charge is 0.235 e. The van der Waals surface area contributed by atoms with Crippen LogP contribution in [0.4, 0.5) is 0 Å². The summed E-state index contributed by atoms with van der Waals surface area (Å²) in [5.41, 5.74) is 4.88. The minimum atomic E-state index is -3.39. The van der Waals surface area contributed by atoms with Crippen molar-refractivity contribution >= 4 is 15.9 Å². The lowest BCUT2D eigenvalue weighted by molar-refractivity contribution is -0.119. The Bertz CT molecular complexity index is 258. The standard InChI is InChI=1S/C6H14N2O3S/c1-4(2)12(10,11)8-5(3)6(7)9/h4-5,8H,1-3H3,(H2,7,9). The van der Waals surface area contributed by atoms with E-state index in [0.29, 0.717) is 0 Å². The number of rotatable bonds is 4. The lowest BCUT2D eigenvalue weighted by Crippen LogP contribution is -2.44. The van der Waals surface area contributed by atoms with Crippen molar-refractivity contribution in [2.45, 2.75) is 32.1 Å². The van der Waals surface area contributed by atoms with Gasteiger partial charge in [-0.3, -0.25) is 4.79 Å². The average Bonchev–Trinajstić information content (AvgIpc) is 1.85. The highest BCUT2D eigenvalue weighted by molar-refractivity contribution is 7.90. The van der Waals surface area contributed by atoms with Gasteiger partial charge in [-0.15, -0.1) is 0 Å². The molecule has 0 bridgehead atoms. The number of primary amides is 1. The van der Waals surface area contributed by atoms with Crippen LogP contribution in [-0.2, 0) is 14.8 Å². The first-order valence-corrected chi connectivity index (χ1v) is 5.12. The Morgan fingerprint density at radius 3 is 2.00 bits per heavy atom. The molecule has 0 saturated heterocycles. The van der Waals surface area contributed by atoms with E-state index in [1.807, 2.05) is 0 Å². The zero-order chi connectivity index (χ0) is 9.94. The molecule has 1 unspecified atom stereocenters. The number of carbonyl (C=O) groups is 1. The number of nitrogens with two attached hydrogens (primary N) is 1. The molecule has 0 aromatic carbocycles. The van der Waals surface area contributed by atoms with Crippen molar-refractivity contribution in [3.05, 3.63) is 0 Å². The molecular formula is C6H14N2O3S. The topological polar surface area (TPSA) is 89.3 Å². The molecule has 5 nitrogen and oxygen atoms in total. The first-order valence-electron chi connectivity index (χ1n) is 3.58. The molecule has 6 heteroatoms. The van der Waals surface area contributed by atoms with Gasteiger partial charge in [0.1, 0.15) is 0 Å². The number of nitrogens with one attached hydrogen (secondary N) is 1. The molecule has 1 amide bonds. The summed E-state index contributed by atoms with van der Waals surface area (Å²) in [6.45, 7) is 4.45. The van der Waals surface area contributed by atoms with Gasteiger partial charge in [-0.25, -0.2) is 13.1 Å². The van der Waals surface area contributed by atoms with Gasteiger partial charge in [-0.1, -0.05) is 0 Å². The molecule has 0 rings (SSSR count). The summed E-state index contributed by atoms with van der Waals surface area (Å²) in [5, 5.41) is -0.556. The van der Waals surface area contributed by atoms with E-state index in [9.17, 15) is 13.2 Å². The molecule has 0 fully saturated rings. The Morgan fingerprint density at radius 2 is 1.75 bits per heavy atom. The maximum atomic E-state index is 11.1. The Labute approximate surface area is 72.4 Å². The van der Waals surface area contributed by atoms with Gasteiger partial charge in [0.25, 0.3) is 0 Å². The van der Waals surface area contributed by atoms with Crippen molar-refractivity contribution in [3.8, 4) is 0 Å². The van der Waals surface area contributed by atoms with Crippen LogP contribution in [0.25, 0.3) is 0 Å². The molecule has 1 atom stereocenters. The van der Waals surface area contributed by atoms with Crippen molar-refractivity contribution in [2.75, 3.05) is 0 Å². The molecule has 72 valence electrons. The summed E-state index contributed by atoms with van der Waals surface area (Å²) in [5.74, 6) is -0.681. The Morgan fingerprint density at radius 1 is 1.33 bits per heavy atom. The van der Waals surface area contributed by atoms with Crippen molar-refractivity contribution in [3.63, 3.8) is 0 Å². The summed E-state index contributed by atoms with van der Waals surface area (Å²) >= 11 is 0. The minimum absolute atomic E-state index is 0.556. The Balaban J connectivity index is 4.37. The second kappa shape index (κ2) is 3.86. The zero-order valence-corrected chi connectivity index (χ0v) is 8.18. The first-order chi connectivity index (χ1) is 5.27. The fraction of sp³-hybridized carbons (Fsp3) is 0.833. The van der Waals surface area contributed by atoms with E-state index in [0.717, 1.165) is 0 Å². The third-order valence-corrected chi connectivity index (χ3v) is 3.31. The Kier molecular flexibility index (Phi) is 3.66. The third kappa shape index (κ3) is 3.19. The maximum Gasteiger partial charge on any atom is 0.235 e. The van der Waals surface area contributed by atoms with E-state index in [1.165, 1.54) is 20.8 Å². The molecule has 0 aliphatic heterocycles. The highest BCUT2D eigenvalue weighted by Crippen LogP contribution is 1.97. The van der Waals surface area contributed by atoms with Crippen LogP contribution in [0.2, 0.25) is 0 Å². The molecule has 12 heavy (non-hydrogen) atoms. The first kappa shape index (κ1) is 11.4. The lowest BCUT2D eigenvalue weighted by Gasteiger charge is -2.12. The van der Waals surface area contributed by atoms with Gasteiger partial charge in [-0.05, 0) is 20.8 Å². The number of amides is 1. The summed E-state index contributed by atoms with van der Waals surface area (Å²) in [6.07, 6.45) is 0. The van der Waals surface area contributed by atoms with Gasteiger partial charge < -0.3 is 5.73 Å². The summed E-state index contributed by atoms with van der Waals surface area (Å²) in [7, 11) is -3.39. The van der Waals surface area contributed by atoms with Crippen LogP contribution < -0.4 is 10.5 Å². The van der Waals surface area contributed by atoms with E-state index in [4.69, 9.17) is 5.73 Å². The van der Waals surface area contributed by atoms with Crippen LogP contribution in [0.15, 0.2) is 0 Å². The van der Waals surface area contributed by atoms with Gasteiger partial charge in [0.2, 0.25) is 15.9 Å². The number of hydrogen-bond acceptors (Lipinski definition) is 3. The van der Waals surface area contributed by atoms with E-state index in [1.54, 1.807) is 0 Å². The Hall–Kier alpha value is -0.620. The zero-order valence-electron chi connectivity index (χ0n) is 7.37. The normalized spacial score (nSPS) is 14.7. The van der Waals surface area contributed by atoms with E-state index in [-0.39, 0.29) is 0 Å². The van der Waals surface area contributed by atoms with Crippen molar-refractivity contribution < 1.29 is 13.2 Å². The largest absolute Gasteiger partial charge is 0.368 e. The minimum Gasteiger partial charge on any atom is -0.368 e. The maximum absolute atomic E-state index is 11.1. The van der Waals surface area contributed by atoms with Crippen LogP contribution in [-0.4, -0.2) is 25.6 Å². The van der Waals surface area contributed by atoms with Crippen LogP contribution in [0.1, 0.15) is 20.8 Å². The fourth-order valence-corrected chi connectivity index (χ4v) is 1.32. The number of sulfonamides is 1. The molecule has 3 N–H and O–H groups in total. The van der Waals surface area contributed by atoms with Gasteiger partial charge in [-0.2, -0.15) is 0 Å². The molecule has 0 saturated carbocycles. The van der Waals surface area contributed by atoms with Gasteiger partial charge in [0.15, 0.2) is 0 Å². The summed E-state index contributed by atoms with van der Waals surface area (Å²) in [4.78, 5) is 10.5. The summed E-state index contributed by atoms with van der Waals surface area (Å²) in [6, 6.07) is -0.850. The van der Waals surface area contributed by atoms with Crippen molar-refractivity contribution in [1.82, 2.24) is 4.72 Å². The molecule has 0 heterocycles. The molecule has 0 aliphatic rings. The van der Waals surface area contributed by atoms with Crippen LogP contribution in [0.3, 0.4) is 0 Å². The van der Waals surface area contributed by atoms with E-state index < -0.39 is 27.2 Å². The highest BCUT2D eigenvalue weighted by atomic mass is 32.2. The van der Waals surface area contributed by atoms with Gasteiger partial charge in [0, 0.05) is 0 Å². The van der Waals surface area contributed by atoms with Crippen LogP contribution in [0, 0.1) is 0 Å². The van der Waals surface area contributed by atoms with Crippen LogP contribution >= 0.6 is 0 Å². The van der Waals surface area contributed by atoms with E-state index in [2.05, 4.69) is 4.72 Å². The van der Waals surface area contributed by atoms with E-state index >= 15 is 0 Å². The SMILES string of the molecule is CC(NS(=O)(=O)C(C)C)C(N)=O. The highest BCUT2D eigenvalue weighted by Gasteiger charge is 2.20. The molecule has 0 aliphatic carbocycles.